The van der Waals surface area contributed by atoms with E-state index in [-0.39, 0.29) is 10.6 Å². The number of sulfonamides is 1. The molecule has 0 saturated carbocycles. The Labute approximate surface area is 138 Å². The first-order chi connectivity index (χ1) is 10.7. The van der Waals surface area contributed by atoms with Crippen molar-refractivity contribution in [3.05, 3.63) is 52.6 Å². The van der Waals surface area contributed by atoms with Crippen molar-refractivity contribution < 1.29 is 13.3 Å². The normalized spacial score (nSPS) is 11.6. The Morgan fingerprint density at radius 3 is 2.35 bits per heavy atom. The Kier molecular flexibility index (Phi) is 4.93. The molecular formula is C14H15N3O4S2. The third-order valence-corrected chi connectivity index (χ3v) is 6.01. The summed E-state index contributed by atoms with van der Waals surface area (Å²) in [6, 6.07) is 10.8. The number of nitro benzene ring substituents is 1. The summed E-state index contributed by atoms with van der Waals surface area (Å²) in [6.07, 6.45) is 0. The fourth-order valence-corrected chi connectivity index (χ4v) is 3.66. The van der Waals surface area contributed by atoms with Crippen LogP contribution in [0.4, 0.5) is 11.4 Å². The number of nitrogen functional groups attached to an aromatic ring is 1. The highest BCUT2D eigenvalue weighted by atomic mass is 32.2. The molecule has 2 N–H and O–H groups in total. The van der Waals surface area contributed by atoms with Crippen LogP contribution in [0.2, 0.25) is 0 Å². The molecule has 23 heavy (non-hydrogen) atoms. The summed E-state index contributed by atoms with van der Waals surface area (Å²) in [4.78, 5) is 11.6. The molecule has 0 fully saturated rings. The molecule has 0 atom stereocenters. The van der Waals surface area contributed by atoms with Gasteiger partial charge in [-0.3, -0.25) is 10.1 Å². The van der Waals surface area contributed by atoms with E-state index in [2.05, 4.69) is 0 Å². The Bertz CT molecular complexity index is 851. The molecule has 122 valence electrons. The van der Waals surface area contributed by atoms with Crippen LogP contribution in [-0.2, 0) is 10.0 Å². The van der Waals surface area contributed by atoms with E-state index in [1.165, 1.54) is 26.2 Å². The van der Waals surface area contributed by atoms with Gasteiger partial charge in [-0.2, -0.15) is 0 Å². The molecule has 0 saturated heterocycles. The van der Waals surface area contributed by atoms with Crippen LogP contribution >= 0.6 is 11.8 Å². The first kappa shape index (κ1) is 17.3. The number of hydrogen-bond acceptors (Lipinski definition) is 6. The maximum atomic E-state index is 12.1. The van der Waals surface area contributed by atoms with Crippen molar-refractivity contribution in [2.24, 2.45) is 0 Å². The predicted molar refractivity (Wildman–Crippen MR) is 88.9 cm³/mol. The van der Waals surface area contributed by atoms with Crippen LogP contribution < -0.4 is 5.73 Å². The molecule has 0 aromatic heterocycles. The first-order valence-corrected chi connectivity index (χ1v) is 8.72. The third-order valence-electron chi connectivity index (χ3n) is 3.04. The number of para-hydroxylation sites is 1. The van der Waals surface area contributed by atoms with Crippen molar-refractivity contribution in [3.8, 4) is 0 Å². The van der Waals surface area contributed by atoms with Crippen molar-refractivity contribution in [2.75, 3.05) is 19.8 Å². The average Bonchev–Trinajstić information content (AvgIpc) is 2.49. The van der Waals surface area contributed by atoms with Crippen molar-refractivity contribution in [1.82, 2.24) is 4.31 Å². The molecule has 9 heteroatoms. The van der Waals surface area contributed by atoms with E-state index in [4.69, 9.17) is 5.73 Å². The molecule has 0 bridgehead atoms. The van der Waals surface area contributed by atoms with Crippen LogP contribution in [-0.4, -0.2) is 31.7 Å². The van der Waals surface area contributed by atoms with Gasteiger partial charge in [0.2, 0.25) is 10.0 Å². The summed E-state index contributed by atoms with van der Waals surface area (Å²) in [5.41, 5.74) is 6.06. The summed E-state index contributed by atoms with van der Waals surface area (Å²) in [6.45, 7) is 0. The summed E-state index contributed by atoms with van der Waals surface area (Å²) in [7, 11) is -0.997. The lowest BCUT2D eigenvalue weighted by molar-refractivity contribution is -0.388. The van der Waals surface area contributed by atoms with E-state index < -0.39 is 14.9 Å². The number of nitrogens with zero attached hydrogens (tertiary/aromatic N) is 2. The SMILES string of the molecule is CN(C)S(=O)(=O)c1ccc(Sc2ccccc2N)c([N+](=O)[O-])c1. The number of rotatable bonds is 5. The maximum absolute atomic E-state index is 12.1. The van der Waals surface area contributed by atoms with E-state index >= 15 is 0 Å². The zero-order valence-corrected chi connectivity index (χ0v) is 14.1. The highest BCUT2D eigenvalue weighted by molar-refractivity contribution is 7.99. The van der Waals surface area contributed by atoms with Crippen LogP contribution in [0.5, 0.6) is 0 Å². The van der Waals surface area contributed by atoms with E-state index in [1.54, 1.807) is 24.3 Å². The molecule has 0 aliphatic carbocycles. The molecule has 2 rings (SSSR count). The van der Waals surface area contributed by atoms with Crippen LogP contribution in [0, 0.1) is 10.1 Å². The molecule has 0 amide bonds. The standard InChI is InChI=1S/C14H15N3O4S2/c1-16(2)23(20,21)10-7-8-14(12(9-10)17(18)19)22-13-6-4-3-5-11(13)15/h3-9H,15H2,1-2H3. The molecule has 0 aliphatic heterocycles. The molecule has 0 heterocycles. The second kappa shape index (κ2) is 6.57. The minimum absolute atomic E-state index is 0.125. The first-order valence-electron chi connectivity index (χ1n) is 6.47. The largest absolute Gasteiger partial charge is 0.398 e. The summed E-state index contributed by atoms with van der Waals surface area (Å²) < 4.78 is 25.2. The highest BCUT2D eigenvalue weighted by Gasteiger charge is 2.23. The zero-order valence-electron chi connectivity index (χ0n) is 12.5. The average molecular weight is 353 g/mol. The quantitative estimate of drug-likeness (QED) is 0.503. The third kappa shape index (κ3) is 3.63. The van der Waals surface area contributed by atoms with Gasteiger partial charge in [-0.1, -0.05) is 23.9 Å². The predicted octanol–water partition coefficient (Wildman–Crippen LogP) is 2.58. The maximum Gasteiger partial charge on any atom is 0.284 e. The van der Waals surface area contributed by atoms with E-state index in [0.717, 1.165) is 22.1 Å². The van der Waals surface area contributed by atoms with Gasteiger partial charge in [0.1, 0.15) is 0 Å². The minimum atomic E-state index is -3.74. The lowest BCUT2D eigenvalue weighted by atomic mass is 10.3. The lowest BCUT2D eigenvalue weighted by Gasteiger charge is -2.12. The number of nitrogens with two attached hydrogens (primary N) is 1. The van der Waals surface area contributed by atoms with Gasteiger partial charge < -0.3 is 5.73 Å². The van der Waals surface area contributed by atoms with Gasteiger partial charge in [0, 0.05) is 30.7 Å². The van der Waals surface area contributed by atoms with Gasteiger partial charge in [0.15, 0.2) is 0 Å². The molecule has 0 spiro atoms. The van der Waals surface area contributed by atoms with Gasteiger partial charge in [-0.15, -0.1) is 0 Å². The van der Waals surface area contributed by atoms with Gasteiger partial charge in [-0.05, 0) is 24.3 Å². The fraction of sp³-hybridized carbons (Fsp3) is 0.143. The highest BCUT2D eigenvalue weighted by Crippen LogP contribution is 2.38. The number of hydrogen-bond donors (Lipinski definition) is 1. The van der Waals surface area contributed by atoms with Crippen LogP contribution in [0.3, 0.4) is 0 Å². The Balaban J connectivity index is 2.50. The van der Waals surface area contributed by atoms with Crippen molar-refractivity contribution in [3.63, 3.8) is 0 Å². The molecule has 2 aromatic carbocycles. The molecule has 7 nitrogen and oxygen atoms in total. The second-order valence-electron chi connectivity index (χ2n) is 4.81. The van der Waals surface area contributed by atoms with E-state index in [0.29, 0.717) is 15.5 Å². The van der Waals surface area contributed by atoms with Gasteiger partial charge >= 0.3 is 0 Å². The lowest BCUT2D eigenvalue weighted by Crippen LogP contribution is -2.22. The van der Waals surface area contributed by atoms with Crippen LogP contribution in [0.25, 0.3) is 0 Å². The van der Waals surface area contributed by atoms with Gasteiger partial charge in [0.25, 0.3) is 5.69 Å². The summed E-state index contributed by atoms with van der Waals surface area (Å²) in [5.74, 6) is 0. The van der Waals surface area contributed by atoms with Crippen molar-refractivity contribution in [2.45, 2.75) is 14.7 Å². The Morgan fingerprint density at radius 1 is 1.13 bits per heavy atom. The van der Waals surface area contributed by atoms with Gasteiger partial charge in [-0.25, -0.2) is 12.7 Å². The fourth-order valence-electron chi connectivity index (χ4n) is 1.79. The smallest absolute Gasteiger partial charge is 0.284 e. The molecule has 0 unspecified atom stereocenters. The topological polar surface area (TPSA) is 107 Å². The minimum Gasteiger partial charge on any atom is -0.398 e. The van der Waals surface area contributed by atoms with Gasteiger partial charge in [0.05, 0.1) is 14.7 Å². The Morgan fingerprint density at radius 2 is 1.78 bits per heavy atom. The monoisotopic (exact) mass is 353 g/mol. The van der Waals surface area contributed by atoms with E-state index in [9.17, 15) is 18.5 Å². The molecular weight excluding hydrogens is 338 g/mol. The second-order valence-corrected chi connectivity index (χ2v) is 8.05. The molecule has 0 radical (unpaired) electrons. The Hall–Kier alpha value is -2.10. The number of anilines is 1. The molecule has 2 aromatic rings. The summed E-state index contributed by atoms with van der Waals surface area (Å²) in [5, 5.41) is 11.3. The van der Waals surface area contributed by atoms with Crippen molar-refractivity contribution in [1.29, 1.82) is 0 Å². The van der Waals surface area contributed by atoms with Crippen molar-refractivity contribution >= 4 is 33.2 Å². The zero-order chi connectivity index (χ0) is 17.2. The summed E-state index contributed by atoms with van der Waals surface area (Å²) >= 11 is 1.12. The van der Waals surface area contributed by atoms with E-state index in [1.807, 2.05) is 0 Å². The number of benzene rings is 2. The molecule has 0 aliphatic rings. The number of nitro groups is 1. The van der Waals surface area contributed by atoms with Crippen LogP contribution in [0.1, 0.15) is 0 Å². The van der Waals surface area contributed by atoms with Crippen LogP contribution in [0.15, 0.2) is 57.2 Å².